The van der Waals surface area contributed by atoms with Crippen LogP contribution in [0.2, 0.25) is 0 Å². The third-order valence-corrected chi connectivity index (χ3v) is 6.35. The minimum Gasteiger partial charge on any atom is -0.489 e. The summed E-state index contributed by atoms with van der Waals surface area (Å²) in [6, 6.07) is 18.9. The Kier molecular flexibility index (Phi) is 11.0. The molecule has 0 spiro atoms. The average molecular weight is 553 g/mol. The van der Waals surface area contributed by atoms with Crippen molar-refractivity contribution in [3.05, 3.63) is 85.0 Å². The fourth-order valence-electron chi connectivity index (χ4n) is 3.33. The molecule has 0 saturated carbocycles. The molecule has 0 fully saturated rings. The molecule has 0 aromatic heterocycles. The molecule has 0 heterocycles. The van der Waals surface area contributed by atoms with Crippen LogP contribution in [0.25, 0.3) is 10.8 Å². The molecule has 39 heavy (non-hydrogen) atoms. The molecular weight excluding hydrogens is 520 g/mol. The molecule has 2 unspecified atom stereocenters. The Morgan fingerprint density at radius 1 is 0.872 bits per heavy atom. The number of benzene rings is 3. The van der Waals surface area contributed by atoms with Gasteiger partial charge in [-0.25, -0.2) is 9.59 Å². The molecule has 0 aliphatic heterocycles. The molecule has 206 valence electrons. The smallest absolute Gasteiger partial charge is 0.333 e. The van der Waals surface area contributed by atoms with Gasteiger partial charge in [0.2, 0.25) is 0 Å². The number of hydrogen-bond acceptors (Lipinski definition) is 9. The van der Waals surface area contributed by atoms with Gasteiger partial charge in [-0.15, -0.1) is 0 Å². The number of esters is 2. The largest absolute Gasteiger partial charge is 0.489 e. The molecule has 2 N–H and O–H groups in total. The van der Waals surface area contributed by atoms with E-state index in [2.05, 4.69) is 13.2 Å². The van der Waals surface area contributed by atoms with Crippen molar-refractivity contribution in [3.63, 3.8) is 0 Å². The van der Waals surface area contributed by atoms with Crippen LogP contribution >= 0.6 is 11.8 Å². The van der Waals surface area contributed by atoms with Crippen LogP contribution in [0, 0.1) is 0 Å². The van der Waals surface area contributed by atoms with Crippen molar-refractivity contribution in [2.24, 2.45) is 0 Å². The van der Waals surface area contributed by atoms with Gasteiger partial charge in [0.25, 0.3) is 0 Å². The second-order valence-corrected chi connectivity index (χ2v) is 9.92. The van der Waals surface area contributed by atoms with E-state index >= 15 is 0 Å². The van der Waals surface area contributed by atoms with Crippen molar-refractivity contribution in [1.82, 2.24) is 0 Å². The van der Waals surface area contributed by atoms with E-state index in [-0.39, 0.29) is 31.0 Å². The lowest BCUT2D eigenvalue weighted by Gasteiger charge is -2.21. The van der Waals surface area contributed by atoms with E-state index in [1.807, 2.05) is 54.6 Å². The average Bonchev–Trinajstić information content (AvgIpc) is 2.93. The van der Waals surface area contributed by atoms with E-state index < -0.39 is 30.8 Å². The molecule has 0 bridgehead atoms. The summed E-state index contributed by atoms with van der Waals surface area (Å²) < 4.78 is 22.4. The van der Waals surface area contributed by atoms with Crippen LogP contribution in [0.3, 0.4) is 0 Å². The van der Waals surface area contributed by atoms with E-state index in [4.69, 9.17) is 18.9 Å². The van der Waals surface area contributed by atoms with Crippen LogP contribution in [0.4, 0.5) is 0 Å². The van der Waals surface area contributed by atoms with E-state index in [1.165, 1.54) is 25.6 Å². The number of hydrogen-bond donors (Lipinski definition) is 2. The molecule has 3 aromatic rings. The number of aliphatic hydroxyl groups excluding tert-OH is 2. The molecule has 3 aromatic carbocycles. The maximum absolute atomic E-state index is 11.9. The summed E-state index contributed by atoms with van der Waals surface area (Å²) in [6.07, 6.45) is -1.95. The number of carbonyl (C=O) groups is 2. The first kappa shape index (κ1) is 29.8. The van der Waals surface area contributed by atoms with E-state index in [1.54, 1.807) is 6.07 Å². The minimum atomic E-state index is -1.06. The van der Waals surface area contributed by atoms with Gasteiger partial charge in [0.1, 0.15) is 37.4 Å². The minimum absolute atomic E-state index is 0.0814. The second-order valence-electron chi connectivity index (χ2n) is 8.81. The molecule has 9 heteroatoms. The fraction of sp³-hybridized carbons (Fsp3) is 0.267. The maximum Gasteiger partial charge on any atom is 0.333 e. The normalized spacial score (nSPS) is 12.3. The fourth-order valence-corrected chi connectivity index (χ4v) is 4.31. The number of fused-ring (bicyclic) bond motifs is 1. The zero-order valence-electron chi connectivity index (χ0n) is 21.9. The molecule has 0 saturated heterocycles. The predicted molar refractivity (Wildman–Crippen MR) is 149 cm³/mol. The SMILES string of the molecule is C=C(C)C(=O)OCC(O)COc1c(Sc2ccccc2)cc(OCC(CO)OC(=O)C(=C)C)c2ccccc12. The summed E-state index contributed by atoms with van der Waals surface area (Å²) >= 11 is 1.44. The van der Waals surface area contributed by atoms with Crippen LogP contribution < -0.4 is 9.47 Å². The van der Waals surface area contributed by atoms with Crippen LogP contribution in [-0.2, 0) is 19.1 Å². The highest BCUT2D eigenvalue weighted by molar-refractivity contribution is 7.99. The van der Waals surface area contributed by atoms with Crippen molar-refractivity contribution in [2.45, 2.75) is 35.8 Å². The maximum atomic E-state index is 11.9. The van der Waals surface area contributed by atoms with Gasteiger partial charge in [0.05, 0.1) is 11.5 Å². The number of carbonyl (C=O) groups excluding carboxylic acids is 2. The van der Waals surface area contributed by atoms with E-state index in [0.717, 1.165) is 15.7 Å². The highest BCUT2D eigenvalue weighted by Gasteiger charge is 2.20. The van der Waals surface area contributed by atoms with E-state index in [9.17, 15) is 19.8 Å². The summed E-state index contributed by atoms with van der Waals surface area (Å²) in [5, 5.41) is 21.5. The Balaban J connectivity index is 1.91. The zero-order valence-corrected chi connectivity index (χ0v) is 22.7. The highest BCUT2D eigenvalue weighted by Crippen LogP contribution is 2.44. The summed E-state index contributed by atoms with van der Waals surface area (Å²) in [7, 11) is 0. The molecule has 0 amide bonds. The first-order valence-electron chi connectivity index (χ1n) is 12.2. The second kappa shape index (κ2) is 14.4. The molecule has 0 radical (unpaired) electrons. The van der Waals surface area contributed by atoms with Crippen molar-refractivity contribution in [3.8, 4) is 11.5 Å². The Hall–Kier alpha value is -3.79. The number of ether oxygens (including phenoxy) is 4. The van der Waals surface area contributed by atoms with Crippen LogP contribution in [0.5, 0.6) is 11.5 Å². The van der Waals surface area contributed by atoms with Gasteiger partial charge in [-0.1, -0.05) is 67.4 Å². The number of rotatable bonds is 14. The summed E-state index contributed by atoms with van der Waals surface area (Å²) in [4.78, 5) is 25.3. The standard InChI is InChI=1S/C30H32O8S/c1-19(2)29(33)37-17-21(32)16-36-28-25-13-9-8-12-24(25)26(14-27(28)39-23-10-6-5-7-11-23)35-18-22(15-31)38-30(34)20(3)4/h5-14,21-22,31-32H,1,3,15-18H2,2,4H3. The van der Waals surface area contributed by atoms with Gasteiger partial charge in [0, 0.05) is 26.8 Å². The topological polar surface area (TPSA) is 112 Å². The lowest BCUT2D eigenvalue weighted by molar-refractivity contribution is -0.148. The quantitative estimate of drug-likeness (QED) is 0.217. The van der Waals surface area contributed by atoms with Gasteiger partial charge in [-0.2, -0.15) is 0 Å². The van der Waals surface area contributed by atoms with Gasteiger partial charge < -0.3 is 29.2 Å². The third-order valence-electron chi connectivity index (χ3n) is 5.32. The molecular formula is C30H32O8S. The summed E-state index contributed by atoms with van der Waals surface area (Å²) in [6.45, 7) is 9.28. The van der Waals surface area contributed by atoms with Crippen molar-refractivity contribution in [1.29, 1.82) is 0 Å². The molecule has 0 aliphatic carbocycles. The van der Waals surface area contributed by atoms with Gasteiger partial charge in [-0.05, 0) is 32.0 Å². The zero-order chi connectivity index (χ0) is 28.4. The Labute approximate surface area is 231 Å². The first-order chi connectivity index (χ1) is 18.7. The Morgan fingerprint density at radius 2 is 1.51 bits per heavy atom. The van der Waals surface area contributed by atoms with Gasteiger partial charge in [-0.3, -0.25) is 0 Å². The highest BCUT2D eigenvalue weighted by atomic mass is 32.2. The number of aliphatic hydroxyl groups is 2. The Morgan fingerprint density at radius 3 is 2.15 bits per heavy atom. The van der Waals surface area contributed by atoms with Crippen LogP contribution in [-0.4, -0.2) is 60.8 Å². The third kappa shape index (κ3) is 8.61. The van der Waals surface area contributed by atoms with Crippen molar-refractivity contribution < 1.29 is 38.7 Å². The van der Waals surface area contributed by atoms with E-state index in [0.29, 0.717) is 16.4 Å². The van der Waals surface area contributed by atoms with Crippen molar-refractivity contribution >= 4 is 34.5 Å². The van der Waals surface area contributed by atoms with Crippen LogP contribution in [0.15, 0.2) is 94.8 Å². The van der Waals surface area contributed by atoms with Crippen LogP contribution in [0.1, 0.15) is 13.8 Å². The summed E-state index contributed by atoms with van der Waals surface area (Å²) in [5.74, 6) is -0.183. The molecule has 8 nitrogen and oxygen atoms in total. The molecule has 3 rings (SSSR count). The molecule has 0 aliphatic rings. The summed E-state index contributed by atoms with van der Waals surface area (Å²) in [5.41, 5.74) is 0.461. The Bertz CT molecular complexity index is 1320. The first-order valence-corrected chi connectivity index (χ1v) is 13.0. The molecule has 2 atom stereocenters. The monoisotopic (exact) mass is 552 g/mol. The van der Waals surface area contributed by atoms with Gasteiger partial charge in [0.15, 0.2) is 6.10 Å². The lowest BCUT2D eigenvalue weighted by Crippen LogP contribution is -2.28. The predicted octanol–water partition coefficient (Wildman–Crippen LogP) is 4.71. The lowest BCUT2D eigenvalue weighted by atomic mass is 10.1. The van der Waals surface area contributed by atoms with Gasteiger partial charge >= 0.3 is 11.9 Å². The van der Waals surface area contributed by atoms with Crippen molar-refractivity contribution in [2.75, 3.05) is 26.4 Å².